The molecule has 0 aromatic heterocycles. The van der Waals surface area contributed by atoms with Crippen LogP contribution >= 0.6 is 0 Å². The minimum absolute atomic E-state index is 0.0661. The molecule has 4 fully saturated rings. The number of ether oxygens (including phenoxy) is 1. The van der Waals surface area contributed by atoms with Crippen molar-refractivity contribution in [2.24, 2.45) is 34.5 Å². The van der Waals surface area contributed by atoms with E-state index in [0.717, 1.165) is 37.0 Å². The highest BCUT2D eigenvalue weighted by molar-refractivity contribution is 5.67. The molecule has 2 N–H and O–H groups in total. The summed E-state index contributed by atoms with van der Waals surface area (Å²) in [6, 6.07) is 0.268. The number of carbonyl (C=O) groups excluding carboxylic acids is 1. The Balaban J connectivity index is 1.55. The topological polar surface area (TPSA) is 58.6 Å². The molecule has 4 rings (SSSR count). The van der Waals surface area contributed by atoms with E-state index in [9.17, 15) is 9.90 Å². The van der Waals surface area contributed by atoms with E-state index in [1.165, 1.54) is 45.6 Å². The Kier molecular flexibility index (Phi) is 4.33. The quantitative estimate of drug-likeness (QED) is 0.749. The zero-order chi connectivity index (χ0) is 17.8. The molecular weight excluding hydrogens is 314 g/mol. The molecule has 0 aromatic rings. The molecule has 8 atom stereocenters. The predicted molar refractivity (Wildman–Crippen MR) is 97.1 cm³/mol. The Morgan fingerprint density at radius 3 is 2.48 bits per heavy atom. The first-order valence-electron chi connectivity index (χ1n) is 10.4. The van der Waals surface area contributed by atoms with Crippen LogP contribution in [0.2, 0.25) is 0 Å². The maximum Gasteiger partial charge on any atom is 0.407 e. The summed E-state index contributed by atoms with van der Waals surface area (Å²) in [7, 11) is 1.46. The van der Waals surface area contributed by atoms with Crippen LogP contribution in [-0.2, 0) is 4.74 Å². The van der Waals surface area contributed by atoms with E-state index in [1.54, 1.807) is 0 Å². The number of carbonyl (C=O) groups is 1. The molecule has 4 aliphatic rings. The van der Waals surface area contributed by atoms with Gasteiger partial charge in [-0.1, -0.05) is 13.8 Å². The fraction of sp³-hybridized carbons (Fsp3) is 0.952. The van der Waals surface area contributed by atoms with Gasteiger partial charge in [-0.2, -0.15) is 0 Å². The van der Waals surface area contributed by atoms with Gasteiger partial charge in [0.15, 0.2) is 0 Å². The standard InChI is InChI=1S/C21H35NO3/c1-20-10-8-14(23)12-13(20)4-5-15-16-6-7-18(22-19(24)25-3)21(16,2)11-9-17(15)20/h13-18,23H,4-12H2,1-3H3,(H,22,24)/t13-,14+,15-,16-,17+,18-,20-,21+/m0/s1. The third-order valence-electron chi connectivity index (χ3n) is 9.12. The van der Waals surface area contributed by atoms with Gasteiger partial charge in [0.05, 0.1) is 13.2 Å². The van der Waals surface area contributed by atoms with E-state index in [-0.39, 0.29) is 23.7 Å². The van der Waals surface area contributed by atoms with Crippen molar-refractivity contribution in [2.75, 3.05) is 7.11 Å². The normalized spacial score (nSPS) is 51.8. The van der Waals surface area contributed by atoms with Crippen LogP contribution in [-0.4, -0.2) is 30.5 Å². The number of amides is 1. The van der Waals surface area contributed by atoms with Crippen LogP contribution in [0.3, 0.4) is 0 Å². The van der Waals surface area contributed by atoms with E-state index >= 15 is 0 Å². The van der Waals surface area contributed by atoms with Gasteiger partial charge < -0.3 is 15.2 Å². The van der Waals surface area contributed by atoms with Gasteiger partial charge in [0, 0.05) is 6.04 Å². The molecule has 25 heavy (non-hydrogen) atoms. The van der Waals surface area contributed by atoms with Crippen LogP contribution < -0.4 is 5.32 Å². The van der Waals surface area contributed by atoms with Crippen molar-refractivity contribution >= 4 is 6.09 Å². The molecule has 1 amide bonds. The molecule has 4 saturated carbocycles. The summed E-state index contributed by atoms with van der Waals surface area (Å²) in [5, 5.41) is 13.3. The van der Waals surface area contributed by atoms with Crippen molar-refractivity contribution in [1.29, 1.82) is 0 Å². The van der Waals surface area contributed by atoms with Crippen molar-refractivity contribution in [3.8, 4) is 0 Å². The first-order valence-corrected chi connectivity index (χ1v) is 10.4. The second kappa shape index (κ2) is 6.14. The molecule has 0 bridgehead atoms. The average Bonchev–Trinajstić information content (AvgIpc) is 2.92. The van der Waals surface area contributed by atoms with Gasteiger partial charge in [-0.05, 0) is 92.3 Å². The van der Waals surface area contributed by atoms with Crippen LogP contribution in [0.1, 0.15) is 71.6 Å². The van der Waals surface area contributed by atoms with E-state index in [2.05, 4.69) is 19.2 Å². The molecular formula is C21H35NO3. The van der Waals surface area contributed by atoms with Crippen molar-refractivity contribution in [2.45, 2.75) is 83.8 Å². The third kappa shape index (κ3) is 2.62. The van der Waals surface area contributed by atoms with Crippen LogP contribution in [0.4, 0.5) is 4.79 Å². The Hall–Kier alpha value is -0.770. The summed E-state index contributed by atoms with van der Waals surface area (Å²) in [4.78, 5) is 11.8. The Morgan fingerprint density at radius 2 is 1.72 bits per heavy atom. The zero-order valence-corrected chi connectivity index (χ0v) is 16.1. The van der Waals surface area contributed by atoms with E-state index in [4.69, 9.17) is 4.74 Å². The lowest BCUT2D eigenvalue weighted by Crippen LogP contribution is -2.56. The number of aliphatic hydroxyl groups is 1. The third-order valence-corrected chi connectivity index (χ3v) is 9.12. The molecule has 0 saturated heterocycles. The number of rotatable bonds is 1. The monoisotopic (exact) mass is 349 g/mol. The molecule has 4 aliphatic carbocycles. The fourth-order valence-electron chi connectivity index (χ4n) is 7.67. The average molecular weight is 350 g/mol. The van der Waals surface area contributed by atoms with Gasteiger partial charge >= 0.3 is 6.09 Å². The smallest absolute Gasteiger partial charge is 0.407 e. The van der Waals surface area contributed by atoms with Crippen LogP contribution in [0.5, 0.6) is 0 Å². The highest BCUT2D eigenvalue weighted by atomic mass is 16.5. The van der Waals surface area contributed by atoms with Crippen LogP contribution in [0.15, 0.2) is 0 Å². The summed E-state index contributed by atoms with van der Waals surface area (Å²) in [6.07, 6.45) is 10.3. The second-order valence-electron chi connectivity index (χ2n) is 9.90. The number of nitrogens with one attached hydrogen (secondary N) is 1. The number of alkyl carbamates (subject to hydrolysis) is 1. The number of hydrogen-bond acceptors (Lipinski definition) is 3. The lowest BCUT2D eigenvalue weighted by atomic mass is 9.45. The number of fused-ring (bicyclic) bond motifs is 5. The summed E-state index contributed by atoms with van der Waals surface area (Å²) >= 11 is 0. The minimum atomic E-state index is -0.272. The van der Waals surface area contributed by atoms with Crippen LogP contribution in [0, 0.1) is 34.5 Å². The maximum atomic E-state index is 11.8. The van der Waals surface area contributed by atoms with Gasteiger partial charge in [0.25, 0.3) is 0 Å². The molecule has 0 unspecified atom stereocenters. The summed E-state index contributed by atoms with van der Waals surface area (Å²) < 4.78 is 4.87. The highest BCUT2D eigenvalue weighted by Crippen LogP contribution is 2.66. The lowest BCUT2D eigenvalue weighted by molar-refractivity contribution is -0.123. The van der Waals surface area contributed by atoms with E-state index in [0.29, 0.717) is 11.3 Å². The van der Waals surface area contributed by atoms with E-state index < -0.39 is 0 Å². The number of hydrogen-bond donors (Lipinski definition) is 2. The number of aliphatic hydroxyl groups excluding tert-OH is 1. The highest BCUT2D eigenvalue weighted by Gasteiger charge is 2.60. The van der Waals surface area contributed by atoms with Gasteiger partial charge in [0.1, 0.15) is 0 Å². The molecule has 0 aliphatic heterocycles. The molecule has 0 spiro atoms. The second-order valence-corrected chi connectivity index (χ2v) is 9.90. The molecule has 0 radical (unpaired) electrons. The van der Waals surface area contributed by atoms with Crippen molar-refractivity contribution in [1.82, 2.24) is 5.32 Å². The SMILES string of the molecule is COC(=O)N[C@H]1CC[C@H]2[C@@H]3CC[C@H]4C[C@H](O)CC[C@]4(C)[C@@H]3CC[C@@]12C. The Labute approximate surface area is 152 Å². The number of methoxy groups -OCH3 is 1. The molecule has 0 heterocycles. The first-order chi connectivity index (χ1) is 11.9. The molecule has 0 aromatic carbocycles. The lowest BCUT2D eigenvalue weighted by Gasteiger charge is -2.60. The van der Waals surface area contributed by atoms with E-state index in [1.807, 2.05) is 0 Å². The summed E-state index contributed by atoms with van der Waals surface area (Å²) in [6.45, 7) is 4.95. The molecule has 142 valence electrons. The van der Waals surface area contributed by atoms with Gasteiger partial charge in [0.2, 0.25) is 0 Å². The van der Waals surface area contributed by atoms with Gasteiger partial charge in [-0.15, -0.1) is 0 Å². The first kappa shape index (κ1) is 17.6. The van der Waals surface area contributed by atoms with Crippen molar-refractivity contribution < 1.29 is 14.6 Å². The van der Waals surface area contributed by atoms with Crippen molar-refractivity contribution in [3.63, 3.8) is 0 Å². The Morgan fingerprint density at radius 1 is 1.00 bits per heavy atom. The van der Waals surface area contributed by atoms with Gasteiger partial charge in [-0.25, -0.2) is 4.79 Å². The summed E-state index contributed by atoms with van der Waals surface area (Å²) in [5.74, 6) is 3.07. The fourth-order valence-corrected chi connectivity index (χ4v) is 7.67. The minimum Gasteiger partial charge on any atom is -0.453 e. The molecule has 4 heteroatoms. The largest absolute Gasteiger partial charge is 0.453 e. The van der Waals surface area contributed by atoms with Crippen LogP contribution in [0.25, 0.3) is 0 Å². The molecule has 4 nitrogen and oxygen atoms in total. The van der Waals surface area contributed by atoms with Gasteiger partial charge in [-0.3, -0.25) is 0 Å². The Bertz CT molecular complexity index is 537. The zero-order valence-electron chi connectivity index (χ0n) is 16.1. The van der Waals surface area contributed by atoms with Crippen molar-refractivity contribution in [3.05, 3.63) is 0 Å². The predicted octanol–water partition coefficient (Wildman–Crippen LogP) is 4.11. The maximum absolute atomic E-state index is 11.8. The summed E-state index contributed by atoms with van der Waals surface area (Å²) in [5.41, 5.74) is 0.657.